The number of rotatable bonds is 3. The Morgan fingerprint density at radius 1 is 1.69 bits per heavy atom. The number of hydrogen-bond acceptors (Lipinski definition) is 4. The Labute approximate surface area is 75.5 Å². The van der Waals surface area contributed by atoms with Crippen LogP contribution in [0.15, 0.2) is 6.07 Å². The Kier molecular flexibility index (Phi) is 2.33. The SMILES string of the molecule is CNC(C)(C)c1cc([N+](=O)[O-])[nH]n1. The summed E-state index contributed by atoms with van der Waals surface area (Å²) in [4.78, 5) is 9.85. The molecule has 0 spiro atoms. The predicted octanol–water partition coefficient (Wildman–Crippen LogP) is 0.772. The van der Waals surface area contributed by atoms with Crippen molar-refractivity contribution in [3.8, 4) is 0 Å². The van der Waals surface area contributed by atoms with Crippen LogP contribution in [0, 0.1) is 10.1 Å². The predicted molar refractivity (Wildman–Crippen MR) is 47.3 cm³/mol. The Hall–Kier alpha value is -1.43. The Morgan fingerprint density at radius 2 is 2.31 bits per heavy atom. The molecule has 1 aromatic heterocycles. The Bertz CT molecular complexity index is 318. The monoisotopic (exact) mass is 184 g/mol. The lowest BCUT2D eigenvalue weighted by molar-refractivity contribution is -0.389. The van der Waals surface area contributed by atoms with E-state index in [0.717, 1.165) is 0 Å². The van der Waals surface area contributed by atoms with Gasteiger partial charge in [-0.25, -0.2) is 0 Å². The van der Waals surface area contributed by atoms with Crippen LogP contribution in [0.4, 0.5) is 5.82 Å². The van der Waals surface area contributed by atoms with Crippen molar-refractivity contribution < 1.29 is 4.92 Å². The molecule has 0 aliphatic heterocycles. The second-order valence-corrected chi connectivity index (χ2v) is 3.27. The molecule has 0 bridgehead atoms. The van der Waals surface area contributed by atoms with Gasteiger partial charge in [-0.05, 0) is 25.8 Å². The van der Waals surface area contributed by atoms with E-state index in [1.165, 1.54) is 6.07 Å². The van der Waals surface area contributed by atoms with E-state index >= 15 is 0 Å². The second-order valence-electron chi connectivity index (χ2n) is 3.27. The van der Waals surface area contributed by atoms with Crippen LogP contribution < -0.4 is 5.32 Å². The first kappa shape index (κ1) is 9.66. The van der Waals surface area contributed by atoms with Gasteiger partial charge in [-0.2, -0.15) is 0 Å². The second kappa shape index (κ2) is 3.14. The average Bonchev–Trinajstić information content (AvgIpc) is 2.52. The van der Waals surface area contributed by atoms with Gasteiger partial charge in [0.05, 0.1) is 11.6 Å². The number of hydrogen-bond donors (Lipinski definition) is 2. The third kappa shape index (κ3) is 1.83. The van der Waals surface area contributed by atoms with Crippen molar-refractivity contribution in [3.63, 3.8) is 0 Å². The summed E-state index contributed by atoms with van der Waals surface area (Å²) >= 11 is 0. The van der Waals surface area contributed by atoms with E-state index in [-0.39, 0.29) is 11.4 Å². The van der Waals surface area contributed by atoms with Gasteiger partial charge in [-0.3, -0.25) is 0 Å². The first-order valence-corrected chi connectivity index (χ1v) is 3.86. The number of nitro groups is 1. The lowest BCUT2D eigenvalue weighted by Gasteiger charge is -2.19. The number of nitrogens with zero attached hydrogens (tertiary/aromatic N) is 2. The molecule has 0 radical (unpaired) electrons. The standard InChI is InChI=1S/C7H12N4O2/c1-7(2,8-3)5-4-6(10-9-5)11(12)13/h4,8H,1-3H3,(H,9,10). The molecule has 0 unspecified atom stereocenters. The van der Waals surface area contributed by atoms with Gasteiger partial charge in [0.2, 0.25) is 0 Å². The van der Waals surface area contributed by atoms with Crippen LogP contribution in [0.25, 0.3) is 0 Å². The van der Waals surface area contributed by atoms with Crippen LogP contribution in [0.5, 0.6) is 0 Å². The number of aromatic amines is 1. The van der Waals surface area contributed by atoms with Crippen LogP contribution in [0.2, 0.25) is 0 Å². The fourth-order valence-electron chi connectivity index (χ4n) is 0.853. The highest BCUT2D eigenvalue weighted by atomic mass is 16.6. The van der Waals surface area contributed by atoms with E-state index in [1.807, 2.05) is 13.8 Å². The van der Waals surface area contributed by atoms with Crippen LogP contribution in [0.1, 0.15) is 19.5 Å². The summed E-state index contributed by atoms with van der Waals surface area (Å²) in [6.45, 7) is 3.79. The third-order valence-electron chi connectivity index (χ3n) is 2.03. The van der Waals surface area contributed by atoms with Crippen molar-refractivity contribution in [2.45, 2.75) is 19.4 Å². The lowest BCUT2D eigenvalue weighted by atomic mass is 10.0. The van der Waals surface area contributed by atoms with Gasteiger partial charge in [0, 0.05) is 0 Å². The maximum absolute atomic E-state index is 10.3. The summed E-state index contributed by atoms with van der Waals surface area (Å²) in [5, 5.41) is 19.6. The maximum atomic E-state index is 10.3. The van der Waals surface area contributed by atoms with Crippen molar-refractivity contribution in [1.29, 1.82) is 0 Å². The maximum Gasteiger partial charge on any atom is 0.342 e. The van der Waals surface area contributed by atoms with Crippen LogP contribution in [0.3, 0.4) is 0 Å². The van der Waals surface area contributed by atoms with Gasteiger partial charge >= 0.3 is 5.82 Å². The first-order chi connectivity index (χ1) is 5.97. The molecule has 6 heteroatoms. The summed E-state index contributed by atoms with van der Waals surface area (Å²) in [6, 6.07) is 1.43. The highest BCUT2D eigenvalue weighted by Crippen LogP contribution is 2.20. The summed E-state index contributed by atoms with van der Waals surface area (Å²) < 4.78 is 0. The summed E-state index contributed by atoms with van der Waals surface area (Å²) in [5.74, 6) is -0.0849. The summed E-state index contributed by atoms with van der Waals surface area (Å²) in [6.07, 6.45) is 0. The van der Waals surface area contributed by atoms with Crippen LogP contribution in [-0.4, -0.2) is 22.2 Å². The summed E-state index contributed by atoms with van der Waals surface area (Å²) in [7, 11) is 1.78. The molecule has 13 heavy (non-hydrogen) atoms. The highest BCUT2D eigenvalue weighted by Gasteiger charge is 2.24. The molecule has 0 aliphatic carbocycles. The number of aromatic nitrogens is 2. The minimum absolute atomic E-state index is 0.0849. The van der Waals surface area contributed by atoms with Crippen molar-refractivity contribution in [2.24, 2.45) is 0 Å². The molecule has 0 fully saturated rings. The van der Waals surface area contributed by atoms with E-state index in [1.54, 1.807) is 7.05 Å². The average molecular weight is 184 g/mol. The largest absolute Gasteiger partial charge is 0.358 e. The number of nitrogens with one attached hydrogen (secondary N) is 2. The molecule has 0 amide bonds. The van der Waals surface area contributed by atoms with Crippen molar-refractivity contribution in [2.75, 3.05) is 7.05 Å². The van der Waals surface area contributed by atoms with Gasteiger partial charge in [-0.1, -0.05) is 5.10 Å². The molecule has 0 saturated heterocycles. The van der Waals surface area contributed by atoms with E-state index < -0.39 is 4.92 Å². The smallest absolute Gasteiger partial charge is 0.342 e. The van der Waals surface area contributed by atoms with Gasteiger partial charge in [0.25, 0.3) is 0 Å². The molecule has 2 N–H and O–H groups in total. The molecular formula is C7H12N4O2. The zero-order valence-electron chi connectivity index (χ0n) is 7.79. The van der Waals surface area contributed by atoms with Crippen LogP contribution >= 0.6 is 0 Å². The molecule has 0 aromatic carbocycles. The number of H-pyrrole nitrogens is 1. The summed E-state index contributed by atoms with van der Waals surface area (Å²) in [5.41, 5.74) is 0.270. The topological polar surface area (TPSA) is 83.9 Å². The molecule has 6 nitrogen and oxygen atoms in total. The minimum atomic E-state index is -0.498. The Morgan fingerprint density at radius 3 is 2.69 bits per heavy atom. The normalized spacial score (nSPS) is 11.6. The highest BCUT2D eigenvalue weighted by molar-refractivity contribution is 5.25. The first-order valence-electron chi connectivity index (χ1n) is 3.86. The molecule has 1 heterocycles. The molecule has 0 aliphatic rings. The van der Waals surface area contributed by atoms with E-state index in [2.05, 4.69) is 15.5 Å². The molecule has 72 valence electrons. The third-order valence-corrected chi connectivity index (χ3v) is 2.03. The van der Waals surface area contributed by atoms with Crippen LogP contribution in [-0.2, 0) is 5.54 Å². The zero-order chi connectivity index (χ0) is 10.1. The molecule has 1 aromatic rings. The quantitative estimate of drug-likeness (QED) is 0.537. The van der Waals surface area contributed by atoms with Gasteiger partial charge in [-0.15, -0.1) is 5.10 Å². The van der Waals surface area contributed by atoms with Crippen molar-refractivity contribution in [3.05, 3.63) is 21.9 Å². The Balaban J connectivity index is 2.98. The van der Waals surface area contributed by atoms with E-state index in [0.29, 0.717) is 5.69 Å². The van der Waals surface area contributed by atoms with E-state index in [9.17, 15) is 10.1 Å². The molecular weight excluding hydrogens is 172 g/mol. The van der Waals surface area contributed by atoms with Gasteiger partial charge in [0.15, 0.2) is 0 Å². The van der Waals surface area contributed by atoms with E-state index in [4.69, 9.17) is 0 Å². The fraction of sp³-hybridized carbons (Fsp3) is 0.571. The minimum Gasteiger partial charge on any atom is -0.358 e. The fourth-order valence-corrected chi connectivity index (χ4v) is 0.853. The van der Waals surface area contributed by atoms with Crippen molar-refractivity contribution >= 4 is 5.82 Å². The van der Waals surface area contributed by atoms with Gasteiger partial charge < -0.3 is 15.4 Å². The lowest BCUT2D eigenvalue weighted by Crippen LogP contribution is -2.33. The molecule has 0 atom stereocenters. The molecule has 1 rings (SSSR count). The molecule has 0 saturated carbocycles. The van der Waals surface area contributed by atoms with Gasteiger partial charge in [0.1, 0.15) is 5.69 Å². The zero-order valence-corrected chi connectivity index (χ0v) is 7.79. The van der Waals surface area contributed by atoms with Crippen molar-refractivity contribution in [1.82, 2.24) is 15.5 Å².